The molecule has 0 aliphatic rings. The van der Waals surface area contributed by atoms with Crippen molar-refractivity contribution in [2.75, 3.05) is 54.4 Å². The summed E-state index contributed by atoms with van der Waals surface area (Å²) in [6, 6.07) is 22.4. The molecule has 0 saturated heterocycles. The van der Waals surface area contributed by atoms with E-state index in [0.29, 0.717) is 53.9 Å². The van der Waals surface area contributed by atoms with Gasteiger partial charge in [-0.1, -0.05) is 0 Å². The molecule has 8 N–H and O–H groups in total. The first-order valence-electron chi connectivity index (χ1n) is 21.8. The van der Waals surface area contributed by atoms with Gasteiger partial charge in [0.15, 0.2) is 0 Å². The van der Waals surface area contributed by atoms with Crippen molar-refractivity contribution in [1.82, 2.24) is 70.9 Å². The molecular weight excluding hydrogens is 825 g/mol. The fraction of sp³-hybridized carbons (Fsp3) is 0.319. The van der Waals surface area contributed by atoms with E-state index in [1.165, 1.54) is 0 Å². The number of nitrogens with one attached hydrogen (secondary N) is 8. The van der Waals surface area contributed by atoms with Crippen molar-refractivity contribution in [2.45, 2.75) is 45.2 Å². The van der Waals surface area contributed by atoms with E-state index in [0.717, 1.165) is 81.2 Å². The van der Waals surface area contributed by atoms with Crippen molar-refractivity contribution in [1.29, 1.82) is 0 Å². The number of benzene rings is 4. The molecular formula is C47H54N14O4. The number of carbonyl (C=O) groups excluding carboxylic acids is 4. The summed E-state index contributed by atoms with van der Waals surface area (Å²) in [5.41, 5.74) is 8.95. The second-order valence-electron chi connectivity index (χ2n) is 16.7. The van der Waals surface area contributed by atoms with Crippen LogP contribution in [0.15, 0.2) is 72.8 Å². The fourth-order valence-electron chi connectivity index (χ4n) is 7.51. The molecule has 0 fully saturated rings. The average Bonchev–Trinajstić information content (AvgIpc) is 4.10. The van der Waals surface area contributed by atoms with Crippen LogP contribution in [0.4, 0.5) is 0 Å². The minimum absolute atomic E-state index is 0.120. The highest BCUT2D eigenvalue weighted by Crippen LogP contribution is 2.26. The van der Waals surface area contributed by atoms with Gasteiger partial charge in [-0.05, 0) is 133 Å². The number of carbonyl (C=O) groups is 4. The minimum atomic E-state index is -0.183. The summed E-state index contributed by atoms with van der Waals surface area (Å²) in [6.45, 7) is 3.43. The normalized spacial score (nSPS) is 11.7. The van der Waals surface area contributed by atoms with Crippen LogP contribution in [0.3, 0.4) is 0 Å². The Morgan fingerprint density at radius 3 is 1.31 bits per heavy atom. The number of hydrogen-bond donors (Lipinski definition) is 8. The molecule has 18 nitrogen and oxygen atoms in total. The predicted octanol–water partition coefficient (Wildman–Crippen LogP) is 4.99. The van der Waals surface area contributed by atoms with Gasteiger partial charge >= 0.3 is 0 Å². The molecule has 0 atom stereocenters. The highest BCUT2D eigenvalue weighted by Gasteiger charge is 2.15. The summed E-state index contributed by atoms with van der Waals surface area (Å²) < 4.78 is 0. The number of aromatic amines is 4. The Morgan fingerprint density at radius 1 is 0.477 bits per heavy atom. The lowest BCUT2D eigenvalue weighted by Crippen LogP contribution is -2.27. The first kappa shape index (κ1) is 44.2. The zero-order chi connectivity index (χ0) is 45.5. The van der Waals surface area contributed by atoms with Crippen LogP contribution in [-0.2, 0) is 22.7 Å². The maximum atomic E-state index is 12.7. The van der Waals surface area contributed by atoms with E-state index in [1.54, 1.807) is 12.1 Å². The number of rotatable bonds is 20. The van der Waals surface area contributed by atoms with E-state index in [2.05, 4.69) is 61.0 Å². The molecule has 8 rings (SSSR count). The van der Waals surface area contributed by atoms with E-state index < -0.39 is 0 Å². The molecule has 0 bridgehead atoms. The van der Waals surface area contributed by atoms with E-state index >= 15 is 0 Å². The molecule has 65 heavy (non-hydrogen) atoms. The Labute approximate surface area is 374 Å². The summed E-state index contributed by atoms with van der Waals surface area (Å²) >= 11 is 0. The van der Waals surface area contributed by atoms with Gasteiger partial charge in [-0.3, -0.25) is 19.2 Å². The van der Waals surface area contributed by atoms with Crippen molar-refractivity contribution in [3.63, 3.8) is 0 Å². The lowest BCUT2D eigenvalue weighted by Gasteiger charge is -2.09. The van der Waals surface area contributed by atoms with Gasteiger partial charge in [0.25, 0.3) is 11.8 Å². The highest BCUT2D eigenvalue weighted by molar-refractivity contribution is 5.99. The number of H-pyrrole nitrogens is 4. The summed E-state index contributed by atoms with van der Waals surface area (Å²) in [7, 11) is 8.03. The van der Waals surface area contributed by atoms with Gasteiger partial charge in [-0.15, -0.1) is 0 Å². The minimum Gasteiger partial charge on any atom is -0.352 e. The number of fused-ring (bicyclic) bond motifs is 4. The van der Waals surface area contributed by atoms with Crippen LogP contribution in [0.2, 0.25) is 0 Å². The van der Waals surface area contributed by atoms with Crippen molar-refractivity contribution in [2.24, 2.45) is 0 Å². The lowest BCUT2D eigenvalue weighted by atomic mass is 10.2. The van der Waals surface area contributed by atoms with Gasteiger partial charge in [0.05, 0.1) is 57.2 Å². The summed E-state index contributed by atoms with van der Waals surface area (Å²) in [5.74, 6) is 1.93. The fourth-order valence-corrected chi connectivity index (χ4v) is 7.51. The monoisotopic (exact) mass is 878 g/mol. The Morgan fingerprint density at radius 2 is 0.877 bits per heavy atom. The molecule has 0 unspecified atom stereocenters. The largest absolute Gasteiger partial charge is 0.352 e. The van der Waals surface area contributed by atoms with E-state index in [4.69, 9.17) is 9.97 Å². The van der Waals surface area contributed by atoms with E-state index in [-0.39, 0.29) is 49.6 Å². The van der Waals surface area contributed by atoms with Gasteiger partial charge < -0.3 is 51.0 Å². The molecule has 0 aliphatic carbocycles. The van der Waals surface area contributed by atoms with Gasteiger partial charge in [0.1, 0.15) is 23.3 Å². The Balaban J connectivity index is 0.773. The number of amides is 4. The topological polar surface area (TPSA) is 238 Å². The van der Waals surface area contributed by atoms with Gasteiger partial charge in [0.2, 0.25) is 11.8 Å². The summed E-state index contributed by atoms with van der Waals surface area (Å²) in [4.78, 5) is 86.9. The van der Waals surface area contributed by atoms with Crippen LogP contribution < -0.4 is 21.3 Å². The summed E-state index contributed by atoms with van der Waals surface area (Å²) in [5, 5.41) is 11.7. The molecule has 4 aromatic carbocycles. The smallest absolute Gasteiger partial charge is 0.251 e. The van der Waals surface area contributed by atoms with Crippen LogP contribution in [-0.4, -0.2) is 128 Å². The third-order valence-corrected chi connectivity index (χ3v) is 10.9. The van der Waals surface area contributed by atoms with Crippen LogP contribution >= 0.6 is 0 Å². The van der Waals surface area contributed by atoms with Crippen LogP contribution in [0.1, 0.15) is 64.5 Å². The molecule has 0 saturated carbocycles. The van der Waals surface area contributed by atoms with E-state index in [1.807, 2.05) is 88.9 Å². The molecule has 0 spiro atoms. The first-order valence-corrected chi connectivity index (χ1v) is 21.8. The molecule has 4 amide bonds. The predicted molar refractivity (Wildman–Crippen MR) is 251 cm³/mol. The maximum absolute atomic E-state index is 12.7. The number of hydrogen-bond acceptors (Lipinski definition) is 10. The standard InChI is InChI=1S/C47H54N14O4/c1-60(2)20-6-18-48-46(64)30-12-16-34-38(24-30)58-44(56-34)28-10-14-32-36(22-28)54-40(52-32)26-50-42(62)8-5-9-43(63)51-27-41-53-33-15-11-29(23-37(33)55-41)45-57-35-17-13-31(25-39(35)59-45)47(65)49-19-7-21-61(3)4/h10-17,22-25H,5-9,18-21,26-27H2,1-4H3,(H,48,64)(H,49,65)(H,50,62)(H,51,63)(H,52,54)(H,53,55)(H,56,58)(H,57,59). The average molecular weight is 879 g/mol. The molecule has 0 aliphatic heterocycles. The van der Waals surface area contributed by atoms with Gasteiger partial charge in [0, 0.05) is 48.2 Å². The van der Waals surface area contributed by atoms with Crippen LogP contribution in [0, 0.1) is 0 Å². The number of aromatic nitrogens is 8. The van der Waals surface area contributed by atoms with E-state index in [9.17, 15) is 19.2 Å². The second-order valence-corrected chi connectivity index (χ2v) is 16.7. The zero-order valence-corrected chi connectivity index (χ0v) is 37.0. The molecule has 0 radical (unpaired) electrons. The quantitative estimate of drug-likeness (QED) is 0.0478. The van der Waals surface area contributed by atoms with Crippen LogP contribution in [0.5, 0.6) is 0 Å². The third-order valence-electron chi connectivity index (χ3n) is 10.9. The highest BCUT2D eigenvalue weighted by atomic mass is 16.2. The Hall–Kier alpha value is -7.44. The van der Waals surface area contributed by atoms with Gasteiger partial charge in [-0.25, -0.2) is 19.9 Å². The zero-order valence-electron chi connectivity index (χ0n) is 37.0. The molecule has 18 heteroatoms. The van der Waals surface area contributed by atoms with Crippen molar-refractivity contribution < 1.29 is 19.2 Å². The second kappa shape index (κ2) is 19.9. The molecule has 4 heterocycles. The Kier molecular flexibility index (Phi) is 13.6. The molecule has 4 aromatic heterocycles. The molecule has 8 aromatic rings. The van der Waals surface area contributed by atoms with Crippen molar-refractivity contribution >= 4 is 67.8 Å². The Bertz CT molecular complexity index is 2800. The lowest BCUT2D eigenvalue weighted by molar-refractivity contribution is -0.122. The van der Waals surface area contributed by atoms with Crippen molar-refractivity contribution in [3.8, 4) is 22.8 Å². The maximum Gasteiger partial charge on any atom is 0.251 e. The van der Waals surface area contributed by atoms with Gasteiger partial charge in [-0.2, -0.15) is 0 Å². The molecule has 336 valence electrons. The first-order chi connectivity index (χ1) is 31.4. The third kappa shape index (κ3) is 11.2. The summed E-state index contributed by atoms with van der Waals surface area (Å²) in [6.07, 6.45) is 2.49. The van der Waals surface area contributed by atoms with Crippen molar-refractivity contribution in [3.05, 3.63) is 95.6 Å². The SMILES string of the molecule is CN(C)CCCNC(=O)c1ccc2nc(-c3ccc4nc(CNC(=O)CCCC(=O)NCc5nc6ccc(-c7nc8ccc(C(=O)NCCCN(C)C)cc8[nH]7)cc6[nH]5)[nH]c4c3)[nH]c2c1. The van der Waals surface area contributed by atoms with Crippen LogP contribution in [0.25, 0.3) is 66.9 Å². The number of imidazole rings is 4. The number of nitrogens with zero attached hydrogens (tertiary/aromatic N) is 6.